The summed E-state index contributed by atoms with van der Waals surface area (Å²) in [4.78, 5) is 4.83. The minimum atomic E-state index is 0.700. The zero-order chi connectivity index (χ0) is 17.1. The third-order valence-corrected chi connectivity index (χ3v) is 5.37. The number of hydrogen-bond donors (Lipinski definition) is 1. The van der Waals surface area contributed by atoms with E-state index in [0.29, 0.717) is 6.54 Å². The van der Waals surface area contributed by atoms with Crippen molar-refractivity contribution in [3.8, 4) is 10.6 Å². The SMILES string of the molecule is Cc1ccc(-c2nc(Cc3cc(C)c(CCN)cc3C)cs2)cc1. The molecule has 24 heavy (non-hydrogen) atoms. The van der Waals surface area contributed by atoms with Crippen molar-refractivity contribution in [2.75, 3.05) is 6.54 Å². The van der Waals surface area contributed by atoms with Gasteiger partial charge in [-0.05, 0) is 56.0 Å². The van der Waals surface area contributed by atoms with Gasteiger partial charge in [-0.2, -0.15) is 0 Å². The molecule has 0 amide bonds. The molecule has 0 bridgehead atoms. The van der Waals surface area contributed by atoms with Gasteiger partial charge in [0.15, 0.2) is 0 Å². The highest BCUT2D eigenvalue weighted by Crippen LogP contribution is 2.26. The van der Waals surface area contributed by atoms with Crippen molar-refractivity contribution in [1.29, 1.82) is 0 Å². The van der Waals surface area contributed by atoms with Crippen LogP contribution in [0.15, 0.2) is 41.8 Å². The van der Waals surface area contributed by atoms with Gasteiger partial charge >= 0.3 is 0 Å². The van der Waals surface area contributed by atoms with E-state index >= 15 is 0 Å². The molecule has 1 heterocycles. The van der Waals surface area contributed by atoms with Crippen LogP contribution in [0.3, 0.4) is 0 Å². The molecular formula is C21H24N2S. The van der Waals surface area contributed by atoms with Gasteiger partial charge in [0, 0.05) is 17.4 Å². The molecule has 0 atom stereocenters. The summed E-state index contributed by atoms with van der Waals surface area (Å²) >= 11 is 1.72. The Balaban J connectivity index is 1.82. The molecule has 2 N–H and O–H groups in total. The molecule has 2 aromatic carbocycles. The zero-order valence-electron chi connectivity index (χ0n) is 14.6. The minimum absolute atomic E-state index is 0.700. The van der Waals surface area contributed by atoms with E-state index in [1.807, 2.05) is 0 Å². The first-order valence-electron chi connectivity index (χ1n) is 8.37. The van der Waals surface area contributed by atoms with Gasteiger partial charge in [0.25, 0.3) is 0 Å². The van der Waals surface area contributed by atoms with Crippen LogP contribution >= 0.6 is 11.3 Å². The first-order valence-corrected chi connectivity index (χ1v) is 9.25. The van der Waals surface area contributed by atoms with Crippen LogP contribution in [0.1, 0.15) is 33.5 Å². The lowest BCUT2D eigenvalue weighted by Gasteiger charge is -2.11. The monoisotopic (exact) mass is 336 g/mol. The molecule has 0 aliphatic rings. The van der Waals surface area contributed by atoms with Crippen LogP contribution in [-0.2, 0) is 12.8 Å². The van der Waals surface area contributed by atoms with Crippen molar-refractivity contribution < 1.29 is 0 Å². The summed E-state index contributed by atoms with van der Waals surface area (Å²) in [7, 11) is 0. The number of aromatic nitrogens is 1. The van der Waals surface area contributed by atoms with Crippen LogP contribution in [0.25, 0.3) is 10.6 Å². The van der Waals surface area contributed by atoms with Crippen molar-refractivity contribution in [2.24, 2.45) is 5.73 Å². The zero-order valence-corrected chi connectivity index (χ0v) is 15.4. The van der Waals surface area contributed by atoms with Gasteiger partial charge in [-0.1, -0.05) is 42.0 Å². The predicted molar refractivity (Wildman–Crippen MR) is 104 cm³/mol. The smallest absolute Gasteiger partial charge is 0.123 e. The van der Waals surface area contributed by atoms with E-state index in [0.717, 1.165) is 23.5 Å². The second-order valence-corrected chi connectivity index (χ2v) is 7.29. The molecule has 0 spiro atoms. The highest BCUT2D eigenvalue weighted by atomic mass is 32.1. The maximum Gasteiger partial charge on any atom is 0.123 e. The molecule has 3 heteroatoms. The number of aryl methyl sites for hydroxylation is 3. The Morgan fingerprint density at radius 3 is 2.33 bits per heavy atom. The van der Waals surface area contributed by atoms with Gasteiger partial charge in [-0.25, -0.2) is 4.98 Å². The summed E-state index contributed by atoms with van der Waals surface area (Å²) in [6.07, 6.45) is 1.83. The molecule has 0 aliphatic heterocycles. The van der Waals surface area contributed by atoms with Gasteiger partial charge in [0.05, 0.1) is 5.69 Å². The van der Waals surface area contributed by atoms with E-state index < -0.39 is 0 Å². The van der Waals surface area contributed by atoms with Crippen LogP contribution in [0.4, 0.5) is 0 Å². The Bertz CT molecular complexity index is 832. The van der Waals surface area contributed by atoms with E-state index in [4.69, 9.17) is 10.7 Å². The molecule has 0 saturated heterocycles. The average molecular weight is 337 g/mol. The quantitative estimate of drug-likeness (QED) is 0.725. The fraction of sp³-hybridized carbons (Fsp3) is 0.286. The number of nitrogens with two attached hydrogens (primary N) is 1. The Kier molecular flexibility index (Phi) is 5.12. The summed E-state index contributed by atoms with van der Waals surface area (Å²) in [5, 5.41) is 3.27. The number of rotatable bonds is 5. The highest BCUT2D eigenvalue weighted by Gasteiger charge is 2.09. The molecule has 0 aliphatic carbocycles. The van der Waals surface area contributed by atoms with E-state index in [2.05, 4.69) is 62.5 Å². The molecule has 3 aromatic rings. The third kappa shape index (κ3) is 3.74. The van der Waals surface area contributed by atoms with Crippen LogP contribution in [0.5, 0.6) is 0 Å². The standard InChI is InChI=1S/C21H24N2S/c1-14-4-6-17(7-5-14)21-23-20(13-24-21)12-19-11-15(2)18(8-9-22)10-16(19)3/h4-7,10-11,13H,8-9,12,22H2,1-3H3. The van der Waals surface area contributed by atoms with E-state index in [-0.39, 0.29) is 0 Å². The average Bonchev–Trinajstić information content (AvgIpc) is 3.01. The van der Waals surface area contributed by atoms with Crippen molar-refractivity contribution in [3.05, 3.63) is 75.3 Å². The second kappa shape index (κ2) is 7.29. The summed E-state index contributed by atoms with van der Waals surface area (Å²) in [6.45, 7) is 7.16. The largest absolute Gasteiger partial charge is 0.330 e. The lowest BCUT2D eigenvalue weighted by atomic mass is 9.96. The molecule has 124 valence electrons. The Hall–Kier alpha value is -1.97. The lowest BCUT2D eigenvalue weighted by molar-refractivity contribution is 0.949. The van der Waals surface area contributed by atoms with Crippen LogP contribution < -0.4 is 5.73 Å². The Morgan fingerprint density at radius 1 is 0.958 bits per heavy atom. The fourth-order valence-electron chi connectivity index (χ4n) is 2.96. The summed E-state index contributed by atoms with van der Waals surface area (Å²) in [5.41, 5.74) is 14.7. The molecule has 0 unspecified atom stereocenters. The van der Waals surface area contributed by atoms with Crippen molar-refractivity contribution in [3.63, 3.8) is 0 Å². The minimum Gasteiger partial charge on any atom is -0.330 e. The summed E-state index contributed by atoms with van der Waals surface area (Å²) in [5.74, 6) is 0. The molecule has 0 saturated carbocycles. The first-order chi connectivity index (χ1) is 11.6. The molecule has 1 aromatic heterocycles. The van der Waals surface area contributed by atoms with Gasteiger partial charge < -0.3 is 5.73 Å². The summed E-state index contributed by atoms with van der Waals surface area (Å²) < 4.78 is 0. The van der Waals surface area contributed by atoms with Crippen LogP contribution in [0.2, 0.25) is 0 Å². The van der Waals surface area contributed by atoms with Crippen molar-refractivity contribution >= 4 is 11.3 Å². The lowest BCUT2D eigenvalue weighted by Crippen LogP contribution is -2.05. The van der Waals surface area contributed by atoms with Crippen LogP contribution in [-0.4, -0.2) is 11.5 Å². The fourth-order valence-corrected chi connectivity index (χ4v) is 3.79. The van der Waals surface area contributed by atoms with Gasteiger partial charge in [-0.3, -0.25) is 0 Å². The van der Waals surface area contributed by atoms with E-state index in [1.165, 1.54) is 33.4 Å². The van der Waals surface area contributed by atoms with Gasteiger partial charge in [-0.15, -0.1) is 11.3 Å². The molecule has 3 rings (SSSR count). The van der Waals surface area contributed by atoms with Crippen LogP contribution in [0, 0.1) is 20.8 Å². The maximum atomic E-state index is 5.70. The van der Waals surface area contributed by atoms with Gasteiger partial charge in [0.2, 0.25) is 0 Å². The van der Waals surface area contributed by atoms with Crippen molar-refractivity contribution in [2.45, 2.75) is 33.6 Å². The molecule has 0 radical (unpaired) electrons. The third-order valence-electron chi connectivity index (χ3n) is 4.43. The normalized spacial score (nSPS) is 11.0. The first kappa shape index (κ1) is 16.9. The number of benzene rings is 2. The number of thiazole rings is 1. The predicted octanol–water partition coefficient (Wildman–Crippen LogP) is 4.83. The van der Waals surface area contributed by atoms with Crippen molar-refractivity contribution in [1.82, 2.24) is 4.98 Å². The Morgan fingerprint density at radius 2 is 1.62 bits per heavy atom. The van der Waals surface area contributed by atoms with E-state index in [9.17, 15) is 0 Å². The van der Waals surface area contributed by atoms with E-state index in [1.54, 1.807) is 11.3 Å². The Labute approximate surface area is 148 Å². The number of hydrogen-bond acceptors (Lipinski definition) is 3. The summed E-state index contributed by atoms with van der Waals surface area (Å²) in [6, 6.07) is 13.2. The number of nitrogens with zero attached hydrogens (tertiary/aromatic N) is 1. The molecular weight excluding hydrogens is 312 g/mol. The maximum absolute atomic E-state index is 5.70. The highest BCUT2D eigenvalue weighted by molar-refractivity contribution is 7.13. The molecule has 2 nitrogen and oxygen atoms in total. The second-order valence-electron chi connectivity index (χ2n) is 6.43. The molecule has 0 fully saturated rings. The topological polar surface area (TPSA) is 38.9 Å². The van der Waals surface area contributed by atoms with Gasteiger partial charge in [0.1, 0.15) is 5.01 Å².